The van der Waals surface area contributed by atoms with Gasteiger partial charge in [-0.3, -0.25) is 14.9 Å². The molecular weight excluding hydrogens is 316 g/mol. The predicted molar refractivity (Wildman–Crippen MR) is 87.1 cm³/mol. The van der Waals surface area contributed by atoms with Gasteiger partial charge >= 0.3 is 5.69 Å². The van der Waals surface area contributed by atoms with E-state index in [9.17, 15) is 14.9 Å². The van der Waals surface area contributed by atoms with Gasteiger partial charge in [0.1, 0.15) is 5.56 Å². The average molecular weight is 332 g/mol. The number of carbonyl (C=O) groups excluding carboxylic acids is 1. The SMILES string of the molecule is COc1cc(C(=O)Nc2ccccc2)c([N+](=O)[O-])c(OC)c1OC. The first kappa shape index (κ1) is 17.1. The van der Waals surface area contributed by atoms with Gasteiger partial charge in [0, 0.05) is 11.8 Å². The Hall–Kier alpha value is -3.29. The first-order valence-electron chi connectivity index (χ1n) is 6.87. The molecule has 2 aromatic rings. The number of methoxy groups -OCH3 is 3. The van der Waals surface area contributed by atoms with Gasteiger partial charge in [0.05, 0.1) is 26.3 Å². The van der Waals surface area contributed by atoms with Crippen molar-refractivity contribution in [2.24, 2.45) is 0 Å². The molecule has 24 heavy (non-hydrogen) atoms. The van der Waals surface area contributed by atoms with E-state index in [1.54, 1.807) is 30.3 Å². The summed E-state index contributed by atoms with van der Waals surface area (Å²) < 4.78 is 15.3. The number of carbonyl (C=O) groups is 1. The summed E-state index contributed by atoms with van der Waals surface area (Å²) in [6, 6.07) is 9.84. The van der Waals surface area contributed by atoms with E-state index in [4.69, 9.17) is 14.2 Å². The summed E-state index contributed by atoms with van der Waals surface area (Å²) in [6.07, 6.45) is 0. The van der Waals surface area contributed by atoms with Crippen LogP contribution in [0, 0.1) is 10.1 Å². The maximum Gasteiger partial charge on any atom is 0.327 e. The summed E-state index contributed by atoms with van der Waals surface area (Å²) in [5, 5.41) is 14.1. The van der Waals surface area contributed by atoms with E-state index in [2.05, 4.69) is 5.32 Å². The van der Waals surface area contributed by atoms with Crippen LogP contribution in [0.3, 0.4) is 0 Å². The molecule has 0 saturated heterocycles. The second kappa shape index (κ2) is 7.32. The fourth-order valence-electron chi connectivity index (χ4n) is 2.22. The molecule has 0 aliphatic carbocycles. The minimum Gasteiger partial charge on any atom is -0.493 e. The molecule has 0 saturated carbocycles. The Labute approximate surface area is 138 Å². The van der Waals surface area contributed by atoms with Crippen molar-refractivity contribution in [3.63, 3.8) is 0 Å². The van der Waals surface area contributed by atoms with Crippen LogP contribution in [0.1, 0.15) is 10.4 Å². The van der Waals surface area contributed by atoms with Crippen molar-refractivity contribution in [1.82, 2.24) is 0 Å². The molecule has 8 nitrogen and oxygen atoms in total. The molecule has 2 aromatic carbocycles. The second-order valence-electron chi connectivity index (χ2n) is 4.62. The Morgan fingerprint density at radius 3 is 2.17 bits per heavy atom. The van der Waals surface area contributed by atoms with Crippen molar-refractivity contribution < 1.29 is 23.9 Å². The zero-order chi connectivity index (χ0) is 17.7. The van der Waals surface area contributed by atoms with Crippen molar-refractivity contribution >= 4 is 17.3 Å². The third-order valence-electron chi connectivity index (χ3n) is 3.26. The maximum atomic E-state index is 12.5. The molecule has 0 fully saturated rings. The summed E-state index contributed by atoms with van der Waals surface area (Å²) >= 11 is 0. The summed E-state index contributed by atoms with van der Waals surface area (Å²) in [4.78, 5) is 23.3. The number of nitro groups is 1. The van der Waals surface area contributed by atoms with Gasteiger partial charge in [0.15, 0.2) is 5.75 Å². The topological polar surface area (TPSA) is 99.9 Å². The lowest BCUT2D eigenvalue weighted by molar-refractivity contribution is -0.386. The first-order valence-corrected chi connectivity index (χ1v) is 6.87. The summed E-state index contributed by atoms with van der Waals surface area (Å²) in [5.74, 6) is -0.645. The largest absolute Gasteiger partial charge is 0.493 e. The number of nitrogens with zero attached hydrogens (tertiary/aromatic N) is 1. The average Bonchev–Trinajstić information content (AvgIpc) is 2.60. The van der Waals surface area contributed by atoms with E-state index in [1.165, 1.54) is 27.4 Å². The van der Waals surface area contributed by atoms with Crippen LogP contribution in [-0.2, 0) is 0 Å². The van der Waals surface area contributed by atoms with E-state index < -0.39 is 16.5 Å². The van der Waals surface area contributed by atoms with Crippen LogP contribution in [0.5, 0.6) is 17.2 Å². The zero-order valence-electron chi connectivity index (χ0n) is 13.4. The Morgan fingerprint density at radius 2 is 1.67 bits per heavy atom. The molecule has 0 unspecified atom stereocenters. The smallest absolute Gasteiger partial charge is 0.327 e. The molecule has 1 N–H and O–H groups in total. The fourth-order valence-corrected chi connectivity index (χ4v) is 2.22. The number of nitrogens with one attached hydrogen (secondary N) is 1. The first-order chi connectivity index (χ1) is 11.5. The third kappa shape index (κ3) is 3.22. The lowest BCUT2D eigenvalue weighted by Gasteiger charge is -2.14. The second-order valence-corrected chi connectivity index (χ2v) is 4.62. The highest BCUT2D eigenvalue weighted by molar-refractivity contribution is 6.08. The minimum atomic E-state index is -0.694. The number of para-hydroxylation sites is 1. The number of hydrogen-bond donors (Lipinski definition) is 1. The van der Waals surface area contributed by atoms with Gasteiger partial charge in [0.25, 0.3) is 5.91 Å². The van der Waals surface area contributed by atoms with Crippen LogP contribution in [-0.4, -0.2) is 32.2 Å². The van der Waals surface area contributed by atoms with Gasteiger partial charge in [0.2, 0.25) is 11.5 Å². The number of hydrogen-bond acceptors (Lipinski definition) is 6. The number of anilines is 1. The zero-order valence-corrected chi connectivity index (χ0v) is 13.4. The lowest BCUT2D eigenvalue weighted by atomic mass is 10.1. The molecule has 0 aliphatic rings. The molecule has 0 radical (unpaired) electrons. The Balaban J connectivity index is 2.59. The van der Waals surface area contributed by atoms with Gasteiger partial charge < -0.3 is 19.5 Å². The van der Waals surface area contributed by atoms with E-state index in [-0.39, 0.29) is 22.8 Å². The van der Waals surface area contributed by atoms with Crippen LogP contribution in [0.4, 0.5) is 11.4 Å². The lowest BCUT2D eigenvalue weighted by Crippen LogP contribution is -2.15. The summed E-state index contributed by atoms with van der Waals surface area (Å²) in [6.45, 7) is 0. The molecule has 0 spiro atoms. The maximum absolute atomic E-state index is 12.5. The molecule has 0 heterocycles. The highest BCUT2D eigenvalue weighted by atomic mass is 16.6. The van der Waals surface area contributed by atoms with Gasteiger partial charge in [-0.2, -0.15) is 0 Å². The molecule has 0 aliphatic heterocycles. The van der Waals surface area contributed by atoms with Gasteiger partial charge in [-0.05, 0) is 12.1 Å². The number of ether oxygens (including phenoxy) is 3. The molecule has 0 aromatic heterocycles. The monoisotopic (exact) mass is 332 g/mol. The quantitative estimate of drug-likeness (QED) is 0.645. The van der Waals surface area contributed by atoms with Gasteiger partial charge in [-0.15, -0.1) is 0 Å². The number of rotatable bonds is 6. The molecule has 1 amide bonds. The van der Waals surface area contributed by atoms with Crippen molar-refractivity contribution in [2.75, 3.05) is 26.6 Å². The fraction of sp³-hybridized carbons (Fsp3) is 0.188. The number of amides is 1. The summed E-state index contributed by atoms with van der Waals surface area (Å²) in [5.41, 5.74) is -0.188. The Bertz CT molecular complexity index is 761. The Kier molecular flexibility index (Phi) is 5.20. The van der Waals surface area contributed by atoms with E-state index in [0.29, 0.717) is 5.69 Å². The summed E-state index contributed by atoms with van der Waals surface area (Å²) in [7, 11) is 3.94. The molecule has 0 atom stereocenters. The highest BCUT2D eigenvalue weighted by Gasteiger charge is 2.32. The Morgan fingerprint density at radius 1 is 1.04 bits per heavy atom. The van der Waals surface area contributed by atoms with Gasteiger partial charge in [-0.1, -0.05) is 18.2 Å². The molecular formula is C16H16N2O6. The van der Waals surface area contributed by atoms with E-state index in [1.807, 2.05) is 0 Å². The highest BCUT2D eigenvalue weighted by Crippen LogP contribution is 2.46. The van der Waals surface area contributed by atoms with Crippen LogP contribution < -0.4 is 19.5 Å². The standard InChI is InChI=1S/C16H16N2O6/c1-22-12-9-11(16(19)17-10-7-5-4-6-8-10)13(18(20)21)15(24-3)14(12)23-2/h4-9H,1-3H3,(H,17,19). The van der Waals surface area contributed by atoms with Crippen molar-refractivity contribution in [3.8, 4) is 17.2 Å². The van der Waals surface area contributed by atoms with Crippen LogP contribution in [0.15, 0.2) is 36.4 Å². The van der Waals surface area contributed by atoms with Gasteiger partial charge in [-0.25, -0.2) is 0 Å². The minimum absolute atomic E-state index is 0.0444. The van der Waals surface area contributed by atoms with Crippen LogP contribution in [0.25, 0.3) is 0 Å². The number of nitro benzene ring substituents is 1. The van der Waals surface area contributed by atoms with E-state index >= 15 is 0 Å². The normalized spacial score (nSPS) is 9.96. The van der Waals surface area contributed by atoms with Crippen molar-refractivity contribution in [1.29, 1.82) is 0 Å². The molecule has 8 heteroatoms. The molecule has 2 rings (SSSR count). The van der Waals surface area contributed by atoms with Crippen LogP contribution in [0.2, 0.25) is 0 Å². The van der Waals surface area contributed by atoms with Crippen LogP contribution >= 0.6 is 0 Å². The molecule has 126 valence electrons. The predicted octanol–water partition coefficient (Wildman–Crippen LogP) is 2.87. The number of benzene rings is 2. The third-order valence-corrected chi connectivity index (χ3v) is 3.26. The molecule has 0 bridgehead atoms. The van der Waals surface area contributed by atoms with E-state index in [0.717, 1.165) is 0 Å². The van der Waals surface area contributed by atoms with Crippen molar-refractivity contribution in [2.45, 2.75) is 0 Å². The van der Waals surface area contributed by atoms with Crippen molar-refractivity contribution in [3.05, 3.63) is 52.1 Å².